The SMILES string of the molecule is Nc1cc(Br)ccc1NCCCCCCO. The number of unbranched alkanes of at least 4 members (excludes halogenated alkanes) is 3. The first-order chi connectivity index (χ1) is 7.74. The van der Waals surface area contributed by atoms with E-state index in [2.05, 4.69) is 21.2 Å². The summed E-state index contributed by atoms with van der Waals surface area (Å²) in [6, 6.07) is 5.85. The summed E-state index contributed by atoms with van der Waals surface area (Å²) in [6.07, 6.45) is 4.24. The summed E-state index contributed by atoms with van der Waals surface area (Å²) >= 11 is 3.38. The van der Waals surface area contributed by atoms with Gasteiger partial charge in [-0.2, -0.15) is 0 Å². The Bertz CT molecular complexity index is 318. The number of nitrogens with two attached hydrogens (primary N) is 1. The van der Waals surface area contributed by atoms with Gasteiger partial charge >= 0.3 is 0 Å². The van der Waals surface area contributed by atoms with Crippen molar-refractivity contribution in [1.29, 1.82) is 0 Å². The van der Waals surface area contributed by atoms with Crippen LogP contribution in [0.4, 0.5) is 11.4 Å². The van der Waals surface area contributed by atoms with Gasteiger partial charge < -0.3 is 16.2 Å². The molecule has 0 amide bonds. The van der Waals surface area contributed by atoms with E-state index in [9.17, 15) is 0 Å². The van der Waals surface area contributed by atoms with Gasteiger partial charge in [-0.3, -0.25) is 0 Å². The Morgan fingerprint density at radius 3 is 2.62 bits per heavy atom. The fraction of sp³-hybridized carbons (Fsp3) is 0.500. The van der Waals surface area contributed by atoms with Gasteiger partial charge in [0.2, 0.25) is 0 Å². The highest BCUT2D eigenvalue weighted by atomic mass is 79.9. The van der Waals surface area contributed by atoms with Crippen LogP contribution in [0.25, 0.3) is 0 Å². The van der Waals surface area contributed by atoms with Crippen LogP contribution < -0.4 is 11.1 Å². The van der Waals surface area contributed by atoms with Crippen molar-refractivity contribution in [2.75, 3.05) is 24.2 Å². The largest absolute Gasteiger partial charge is 0.397 e. The molecule has 1 aromatic carbocycles. The summed E-state index contributed by atoms with van der Waals surface area (Å²) in [5.74, 6) is 0. The summed E-state index contributed by atoms with van der Waals surface area (Å²) in [7, 11) is 0. The highest BCUT2D eigenvalue weighted by molar-refractivity contribution is 9.10. The number of aliphatic hydroxyl groups is 1. The number of nitrogens with one attached hydrogen (secondary N) is 1. The van der Waals surface area contributed by atoms with E-state index in [1.54, 1.807) is 0 Å². The normalized spacial score (nSPS) is 10.4. The molecular formula is C12H19BrN2O. The van der Waals surface area contributed by atoms with Crippen LogP contribution >= 0.6 is 15.9 Å². The summed E-state index contributed by atoms with van der Waals surface area (Å²) in [5.41, 5.74) is 7.62. The quantitative estimate of drug-likeness (QED) is 0.533. The van der Waals surface area contributed by atoms with Crippen LogP contribution in [-0.4, -0.2) is 18.3 Å². The lowest BCUT2D eigenvalue weighted by atomic mass is 10.2. The monoisotopic (exact) mass is 286 g/mol. The summed E-state index contributed by atoms with van der Waals surface area (Å²) in [4.78, 5) is 0. The number of nitrogen functional groups attached to an aromatic ring is 1. The maximum Gasteiger partial charge on any atom is 0.0574 e. The zero-order valence-electron chi connectivity index (χ0n) is 9.38. The highest BCUT2D eigenvalue weighted by Crippen LogP contribution is 2.22. The predicted octanol–water partition coefficient (Wildman–Crippen LogP) is 3.00. The Morgan fingerprint density at radius 1 is 1.19 bits per heavy atom. The fourth-order valence-electron chi connectivity index (χ4n) is 1.51. The first-order valence-electron chi connectivity index (χ1n) is 5.64. The van der Waals surface area contributed by atoms with Crippen LogP contribution in [0.15, 0.2) is 22.7 Å². The van der Waals surface area contributed by atoms with Crippen molar-refractivity contribution in [3.63, 3.8) is 0 Å². The second kappa shape index (κ2) is 7.52. The maximum absolute atomic E-state index is 8.63. The topological polar surface area (TPSA) is 58.3 Å². The third-order valence-corrected chi connectivity index (χ3v) is 2.91. The summed E-state index contributed by atoms with van der Waals surface area (Å²) in [6.45, 7) is 1.23. The molecule has 0 atom stereocenters. The van der Waals surface area contributed by atoms with Gasteiger partial charge in [0.05, 0.1) is 11.4 Å². The van der Waals surface area contributed by atoms with Gasteiger partial charge in [0.1, 0.15) is 0 Å². The Morgan fingerprint density at radius 2 is 1.94 bits per heavy atom. The number of hydrogen-bond donors (Lipinski definition) is 3. The van der Waals surface area contributed by atoms with Crippen LogP contribution in [0.2, 0.25) is 0 Å². The van der Waals surface area contributed by atoms with E-state index in [0.717, 1.165) is 48.1 Å². The zero-order valence-corrected chi connectivity index (χ0v) is 11.0. The van der Waals surface area contributed by atoms with Gasteiger partial charge in [-0.1, -0.05) is 28.8 Å². The van der Waals surface area contributed by atoms with Crippen LogP contribution in [0, 0.1) is 0 Å². The minimum Gasteiger partial charge on any atom is -0.397 e. The van der Waals surface area contributed by atoms with Crippen molar-refractivity contribution >= 4 is 27.3 Å². The molecule has 0 aromatic heterocycles. The predicted molar refractivity (Wildman–Crippen MR) is 72.6 cm³/mol. The van der Waals surface area contributed by atoms with Crippen molar-refractivity contribution in [1.82, 2.24) is 0 Å². The van der Waals surface area contributed by atoms with Crippen LogP contribution in [-0.2, 0) is 0 Å². The van der Waals surface area contributed by atoms with Crippen molar-refractivity contribution in [3.8, 4) is 0 Å². The molecule has 0 aliphatic heterocycles. The van der Waals surface area contributed by atoms with Crippen LogP contribution in [0.1, 0.15) is 25.7 Å². The second-order valence-electron chi connectivity index (χ2n) is 3.80. The molecule has 4 N–H and O–H groups in total. The molecule has 0 saturated carbocycles. The Hall–Kier alpha value is -0.740. The number of rotatable bonds is 7. The van der Waals surface area contributed by atoms with E-state index in [1.807, 2.05) is 18.2 Å². The van der Waals surface area contributed by atoms with Gasteiger partial charge in [-0.05, 0) is 31.0 Å². The summed E-state index contributed by atoms with van der Waals surface area (Å²) < 4.78 is 0.999. The molecule has 0 radical (unpaired) electrons. The van der Waals surface area contributed by atoms with Crippen molar-refractivity contribution in [2.24, 2.45) is 0 Å². The van der Waals surface area contributed by atoms with Crippen molar-refractivity contribution in [3.05, 3.63) is 22.7 Å². The van der Waals surface area contributed by atoms with Crippen molar-refractivity contribution < 1.29 is 5.11 Å². The highest BCUT2D eigenvalue weighted by Gasteiger charge is 1.98. The maximum atomic E-state index is 8.63. The summed E-state index contributed by atoms with van der Waals surface area (Å²) in [5, 5.41) is 11.9. The van der Waals surface area contributed by atoms with E-state index < -0.39 is 0 Å². The van der Waals surface area contributed by atoms with Gasteiger partial charge in [0, 0.05) is 17.6 Å². The molecule has 0 bridgehead atoms. The minimum absolute atomic E-state index is 0.299. The molecule has 16 heavy (non-hydrogen) atoms. The number of halogens is 1. The van der Waals surface area contributed by atoms with Gasteiger partial charge in [0.15, 0.2) is 0 Å². The smallest absolute Gasteiger partial charge is 0.0574 e. The van der Waals surface area contributed by atoms with Crippen LogP contribution in [0.5, 0.6) is 0 Å². The number of aliphatic hydroxyl groups excluding tert-OH is 1. The molecule has 0 aliphatic carbocycles. The molecule has 0 unspecified atom stereocenters. The van der Waals surface area contributed by atoms with Gasteiger partial charge in [-0.25, -0.2) is 0 Å². The first-order valence-corrected chi connectivity index (χ1v) is 6.43. The molecule has 0 aliphatic rings. The molecule has 4 heteroatoms. The average Bonchev–Trinajstić information content (AvgIpc) is 2.26. The molecule has 1 aromatic rings. The second-order valence-corrected chi connectivity index (χ2v) is 4.71. The lowest BCUT2D eigenvalue weighted by Crippen LogP contribution is -2.04. The van der Waals surface area contributed by atoms with Crippen LogP contribution in [0.3, 0.4) is 0 Å². The molecular weight excluding hydrogens is 268 g/mol. The van der Waals surface area contributed by atoms with E-state index in [4.69, 9.17) is 10.8 Å². The van der Waals surface area contributed by atoms with E-state index in [0.29, 0.717) is 6.61 Å². The Kier molecular flexibility index (Phi) is 6.26. The van der Waals surface area contributed by atoms with E-state index in [1.165, 1.54) is 0 Å². The standard InChI is InChI=1S/C12H19BrN2O/c13-10-5-6-12(11(14)9-10)15-7-3-1-2-4-8-16/h5-6,9,15-16H,1-4,7-8,14H2. The third kappa shape index (κ3) is 4.86. The van der Waals surface area contributed by atoms with Gasteiger partial charge in [-0.15, -0.1) is 0 Å². The lowest BCUT2D eigenvalue weighted by molar-refractivity contribution is 0.283. The van der Waals surface area contributed by atoms with E-state index >= 15 is 0 Å². The molecule has 0 saturated heterocycles. The lowest BCUT2D eigenvalue weighted by Gasteiger charge is -2.09. The molecule has 3 nitrogen and oxygen atoms in total. The number of anilines is 2. The third-order valence-electron chi connectivity index (χ3n) is 2.41. The van der Waals surface area contributed by atoms with Crippen molar-refractivity contribution in [2.45, 2.75) is 25.7 Å². The molecule has 0 heterocycles. The Labute approximate surface area is 105 Å². The molecule has 1 rings (SSSR count). The molecule has 90 valence electrons. The number of hydrogen-bond acceptors (Lipinski definition) is 3. The minimum atomic E-state index is 0.299. The fourth-order valence-corrected chi connectivity index (χ4v) is 1.89. The zero-order chi connectivity index (χ0) is 11.8. The first kappa shape index (κ1) is 13.3. The van der Waals surface area contributed by atoms with Gasteiger partial charge in [0.25, 0.3) is 0 Å². The molecule has 0 spiro atoms. The van der Waals surface area contributed by atoms with E-state index in [-0.39, 0.29) is 0 Å². The number of benzene rings is 1. The Balaban J connectivity index is 2.21. The average molecular weight is 287 g/mol. The molecule has 0 fully saturated rings.